The fourth-order valence-electron chi connectivity index (χ4n) is 4.10. The van der Waals surface area contributed by atoms with Crippen molar-refractivity contribution in [2.75, 3.05) is 4.90 Å². The fourth-order valence-corrected chi connectivity index (χ4v) is 4.33. The van der Waals surface area contributed by atoms with Gasteiger partial charge in [0.1, 0.15) is 0 Å². The van der Waals surface area contributed by atoms with Gasteiger partial charge in [-0.1, -0.05) is 99.1 Å². The van der Waals surface area contributed by atoms with Crippen molar-refractivity contribution in [3.8, 4) is 0 Å². The third-order valence-corrected chi connectivity index (χ3v) is 6.14. The molecule has 1 aliphatic carbocycles. The third-order valence-electron chi connectivity index (χ3n) is 5.82. The predicted octanol–water partition coefficient (Wildman–Crippen LogP) is 7.54. The minimum absolute atomic E-state index is 0.322. The first-order chi connectivity index (χ1) is 13.9. The number of rotatable bonds is 6. The molecule has 1 aliphatic rings. The smallest absolute Gasteiger partial charge is 0.0639 e. The van der Waals surface area contributed by atoms with Crippen LogP contribution in [-0.4, -0.2) is 0 Å². The van der Waals surface area contributed by atoms with Crippen LogP contribution in [0, 0.1) is 17.3 Å². The van der Waals surface area contributed by atoms with Crippen LogP contribution in [0.25, 0.3) is 0 Å². The van der Waals surface area contributed by atoms with Crippen molar-refractivity contribution in [2.24, 2.45) is 11.3 Å². The minimum atomic E-state index is 0.322. The van der Waals surface area contributed by atoms with E-state index >= 15 is 0 Å². The van der Waals surface area contributed by atoms with Gasteiger partial charge in [0, 0.05) is 19.0 Å². The molecule has 0 N–H and O–H groups in total. The molecule has 1 unspecified atom stereocenters. The Morgan fingerprint density at radius 3 is 1.86 bits per heavy atom. The molecule has 149 valence electrons. The average Bonchev–Trinajstić information content (AvgIpc) is 3.51. The lowest BCUT2D eigenvalue weighted by molar-refractivity contribution is 0.357. The summed E-state index contributed by atoms with van der Waals surface area (Å²) >= 11 is 6.72. The van der Waals surface area contributed by atoms with Crippen LogP contribution in [0.3, 0.4) is 0 Å². The highest BCUT2D eigenvalue weighted by Gasteiger charge is 2.46. The molecule has 29 heavy (non-hydrogen) atoms. The van der Waals surface area contributed by atoms with Gasteiger partial charge >= 0.3 is 0 Å². The number of nitrogens with zero attached hydrogens (tertiary/aromatic N) is 1. The Bertz CT molecular complexity index is 902. The molecule has 0 spiro atoms. The molecule has 1 saturated carbocycles. The summed E-state index contributed by atoms with van der Waals surface area (Å²) < 4.78 is 0. The molecule has 3 aromatic rings. The molecule has 1 atom stereocenters. The monoisotopic (exact) mass is 402 g/mol. The van der Waals surface area contributed by atoms with Crippen LogP contribution in [0.4, 0.5) is 5.69 Å². The first-order valence-electron chi connectivity index (χ1n) is 10.4. The van der Waals surface area contributed by atoms with Crippen molar-refractivity contribution in [1.82, 2.24) is 0 Å². The van der Waals surface area contributed by atoms with Crippen LogP contribution >= 0.6 is 11.6 Å². The Kier molecular flexibility index (Phi) is 5.69. The molecule has 1 radical (unpaired) electrons. The van der Waals surface area contributed by atoms with Crippen LogP contribution in [-0.2, 0) is 13.1 Å². The lowest BCUT2D eigenvalue weighted by atomic mass is 9.87. The normalized spacial score (nSPS) is 16.6. The molecule has 0 amide bonds. The van der Waals surface area contributed by atoms with Gasteiger partial charge in [0.15, 0.2) is 0 Å². The Morgan fingerprint density at radius 1 is 0.828 bits per heavy atom. The van der Waals surface area contributed by atoms with Crippen molar-refractivity contribution in [3.05, 3.63) is 106 Å². The lowest BCUT2D eigenvalue weighted by Crippen LogP contribution is -2.22. The zero-order chi connectivity index (χ0) is 20.4. The van der Waals surface area contributed by atoms with Crippen LogP contribution in [0.15, 0.2) is 78.9 Å². The molecule has 0 aliphatic heterocycles. The van der Waals surface area contributed by atoms with Gasteiger partial charge in [-0.15, -0.1) is 0 Å². The maximum Gasteiger partial charge on any atom is 0.0639 e. The van der Waals surface area contributed by atoms with Crippen molar-refractivity contribution in [1.29, 1.82) is 0 Å². The minimum Gasteiger partial charge on any atom is -0.362 e. The van der Waals surface area contributed by atoms with Gasteiger partial charge in [0.2, 0.25) is 0 Å². The van der Waals surface area contributed by atoms with Crippen molar-refractivity contribution in [2.45, 2.75) is 40.3 Å². The second-order valence-corrected chi connectivity index (χ2v) is 9.55. The first-order valence-corrected chi connectivity index (χ1v) is 10.8. The van der Waals surface area contributed by atoms with Crippen LogP contribution in [0.2, 0.25) is 5.02 Å². The lowest BCUT2D eigenvalue weighted by Gasteiger charge is -2.27. The van der Waals surface area contributed by atoms with Crippen molar-refractivity contribution >= 4 is 17.3 Å². The molecule has 0 aromatic heterocycles. The molecular formula is C27H29ClN. The largest absolute Gasteiger partial charge is 0.362 e. The van der Waals surface area contributed by atoms with Gasteiger partial charge < -0.3 is 4.90 Å². The molecule has 0 saturated heterocycles. The summed E-state index contributed by atoms with van der Waals surface area (Å²) in [6.07, 6.45) is 1.20. The van der Waals surface area contributed by atoms with E-state index in [4.69, 9.17) is 11.6 Å². The molecule has 1 nitrogen and oxygen atoms in total. The first kappa shape index (κ1) is 20.0. The third kappa shape index (κ3) is 4.85. The summed E-state index contributed by atoms with van der Waals surface area (Å²) in [6, 6.07) is 27.8. The highest BCUT2D eigenvalue weighted by atomic mass is 35.5. The van der Waals surface area contributed by atoms with Crippen LogP contribution in [0.1, 0.15) is 43.9 Å². The molecule has 3 aromatic carbocycles. The van der Waals surface area contributed by atoms with Gasteiger partial charge in [-0.3, -0.25) is 0 Å². The van der Waals surface area contributed by atoms with E-state index in [-0.39, 0.29) is 0 Å². The van der Waals surface area contributed by atoms with Gasteiger partial charge in [-0.2, -0.15) is 0 Å². The Hall–Kier alpha value is -2.25. The Labute approximate surface area is 180 Å². The Morgan fingerprint density at radius 2 is 1.38 bits per heavy atom. The van der Waals surface area contributed by atoms with E-state index in [1.54, 1.807) is 5.92 Å². The standard InChI is InChI=1S/C27H29ClN/c1-27(2,3)24-17-23(24)22-14-15-25(28)26(16-22)29(18-20-10-6-4-7-11-20)19-21-12-8-5-9-13-21/h4-16,24H,17-19H2,1-3H3. The summed E-state index contributed by atoms with van der Waals surface area (Å²) in [5.41, 5.74) is 5.36. The maximum absolute atomic E-state index is 6.72. The number of halogens is 1. The fraction of sp³-hybridized carbons (Fsp3) is 0.296. The zero-order valence-corrected chi connectivity index (χ0v) is 18.3. The quantitative estimate of drug-likeness (QED) is 0.411. The predicted molar refractivity (Wildman–Crippen MR) is 124 cm³/mol. The van der Waals surface area contributed by atoms with E-state index in [9.17, 15) is 0 Å². The topological polar surface area (TPSA) is 3.24 Å². The summed E-state index contributed by atoms with van der Waals surface area (Å²) in [5.74, 6) is 2.24. The SMILES string of the molecule is CC(C)(C)C1C[C]1c1ccc(Cl)c(N(Cc2ccccc2)Cc2ccccc2)c1. The second-order valence-electron chi connectivity index (χ2n) is 9.14. The number of anilines is 1. The molecular weight excluding hydrogens is 374 g/mol. The van der Waals surface area contributed by atoms with E-state index in [1.165, 1.54) is 23.1 Å². The molecule has 2 heteroatoms. The average molecular weight is 403 g/mol. The van der Waals surface area contributed by atoms with Gasteiger partial charge in [0.05, 0.1) is 10.7 Å². The highest BCUT2D eigenvalue weighted by Crippen LogP contribution is 2.56. The van der Waals surface area contributed by atoms with Gasteiger partial charge in [0.25, 0.3) is 0 Å². The number of hydrogen-bond donors (Lipinski definition) is 0. The van der Waals surface area contributed by atoms with Crippen molar-refractivity contribution in [3.63, 3.8) is 0 Å². The van der Waals surface area contributed by atoms with Gasteiger partial charge in [-0.05, 0) is 46.6 Å². The van der Waals surface area contributed by atoms with Crippen LogP contribution in [0.5, 0.6) is 0 Å². The molecule has 1 fully saturated rings. The highest BCUT2D eigenvalue weighted by molar-refractivity contribution is 6.33. The molecule has 0 bridgehead atoms. The second kappa shape index (κ2) is 8.24. The van der Waals surface area contributed by atoms with E-state index < -0.39 is 0 Å². The van der Waals surface area contributed by atoms with E-state index in [0.717, 1.165) is 23.8 Å². The summed E-state index contributed by atoms with van der Waals surface area (Å²) in [4.78, 5) is 2.39. The van der Waals surface area contributed by atoms with Crippen molar-refractivity contribution < 1.29 is 0 Å². The van der Waals surface area contributed by atoms with E-state index in [2.05, 4.69) is 105 Å². The maximum atomic E-state index is 6.72. The van der Waals surface area contributed by atoms with Gasteiger partial charge in [-0.25, -0.2) is 0 Å². The van der Waals surface area contributed by atoms with E-state index in [0.29, 0.717) is 11.3 Å². The summed E-state index contributed by atoms with van der Waals surface area (Å²) in [7, 11) is 0. The van der Waals surface area contributed by atoms with Crippen LogP contribution < -0.4 is 4.90 Å². The van der Waals surface area contributed by atoms with E-state index in [1.807, 2.05) is 0 Å². The molecule has 0 heterocycles. The molecule has 4 rings (SSSR count). The summed E-state index contributed by atoms with van der Waals surface area (Å²) in [5, 5.41) is 0.814. The zero-order valence-electron chi connectivity index (χ0n) is 17.5. The summed E-state index contributed by atoms with van der Waals surface area (Å²) in [6.45, 7) is 8.66. The number of benzene rings is 3. The number of hydrogen-bond acceptors (Lipinski definition) is 1. The Balaban J connectivity index is 1.65.